The zero-order valence-corrected chi connectivity index (χ0v) is 10.8. The number of hydrogen-bond donors (Lipinski definition) is 3. The summed E-state index contributed by atoms with van der Waals surface area (Å²) in [6.45, 7) is 7.30. The zero-order chi connectivity index (χ0) is 12.7. The first-order valence-corrected chi connectivity index (χ1v) is 6.53. The molecule has 1 aliphatic rings. The number of piperidine rings is 1. The number of likely N-dealkylation sites (tertiary alicyclic amines) is 1. The SMILES string of the molecule is CCCNC(=O)NC(=O)C[NH+]1CCC(C)CC1. The Kier molecular flexibility index (Phi) is 5.97. The van der Waals surface area contributed by atoms with Crippen LogP contribution in [0.1, 0.15) is 33.1 Å². The maximum Gasteiger partial charge on any atom is 0.321 e. The summed E-state index contributed by atoms with van der Waals surface area (Å²) in [4.78, 5) is 24.1. The van der Waals surface area contributed by atoms with Crippen molar-refractivity contribution < 1.29 is 14.5 Å². The maximum atomic E-state index is 11.6. The van der Waals surface area contributed by atoms with Gasteiger partial charge in [0.2, 0.25) is 0 Å². The fourth-order valence-corrected chi connectivity index (χ4v) is 2.03. The van der Waals surface area contributed by atoms with Gasteiger partial charge in [0, 0.05) is 6.54 Å². The quantitative estimate of drug-likeness (QED) is 0.624. The van der Waals surface area contributed by atoms with Crippen LogP contribution in [0.4, 0.5) is 4.79 Å². The van der Waals surface area contributed by atoms with Crippen LogP contribution in [0.15, 0.2) is 0 Å². The Morgan fingerprint density at radius 1 is 1.29 bits per heavy atom. The van der Waals surface area contributed by atoms with Crippen LogP contribution in [0, 0.1) is 5.92 Å². The summed E-state index contributed by atoms with van der Waals surface area (Å²) in [6, 6.07) is -0.373. The molecule has 0 aromatic rings. The molecule has 3 N–H and O–H groups in total. The maximum absolute atomic E-state index is 11.6. The molecule has 0 saturated carbocycles. The van der Waals surface area contributed by atoms with Gasteiger partial charge in [-0.25, -0.2) is 4.79 Å². The molecule has 0 unspecified atom stereocenters. The highest BCUT2D eigenvalue weighted by molar-refractivity contribution is 5.94. The molecular formula is C12H24N3O2+. The molecule has 0 radical (unpaired) electrons. The van der Waals surface area contributed by atoms with E-state index < -0.39 is 0 Å². The van der Waals surface area contributed by atoms with Gasteiger partial charge >= 0.3 is 6.03 Å². The lowest BCUT2D eigenvalue weighted by molar-refractivity contribution is -0.898. The van der Waals surface area contributed by atoms with Crippen molar-refractivity contribution in [3.63, 3.8) is 0 Å². The van der Waals surface area contributed by atoms with Crippen LogP contribution in [0.25, 0.3) is 0 Å². The number of nitrogens with one attached hydrogen (secondary N) is 3. The molecule has 1 aliphatic heterocycles. The minimum Gasteiger partial charge on any atom is -0.338 e. The Morgan fingerprint density at radius 3 is 2.53 bits per heavy atom. The lowest BCUT2D eigenvalue weighted by atomic mass is 9.99. The van der Waals surface area contributed by atoms with Crippen LogP contribution in [-0.2, 0) is 4.79 Å². The molecule has 0 aromatic heterocycles. The van der Waals surface area contributed by atoms with Crippen molar-refractivity contribution in [1.82, 2.24) is 10.6 Å². The Balaban J connectivity index is 2.18. The smallest absolute Gasteiger partial charge is 0.321 e. The molecule has 98 valence electrons. The summed E-state index contributed by atoms with van der Waals surface area (Å²) in [6.07, 6.45) is 3.21. The lowest BCUT2D eigenvalue weighted by Crippen LogP contribution is -3.14. The number of imide groups is 1. The van der Waals surface area contributed by atoms with Gasteiger partial charge in [0.15, 0.2) is 6.54 Å². The summed E-state index contributed by atoms with van der Waals surface area (Å²) in [5.74, 6) is 0.595. The van der Waals surface area contributed by atoms with E-state index in [0.29, 0.717) is 13.1 Å². The monoisotopic (exact) mass is 242 g/mol. The molecular weight excluding hydrogens is 218 g/mol. The fraction of sp³-hybridized carbons (Fsp3) is 0.833. The van der Waals surface area contributed by atoms with Crippen molar-refractivity contribution >= 4 is 11.9 Å². The first-order valence-electron chi connectivity index (χ1n) is 6.53. The molecule has 1 rings (SSSR count). The van der Waals surface area contributed by atoms with E-state index in [4.69, 9.17) is 0 Å². The third-order valence-corrected chi connectivity index (χ3v) is 3.18. The number of amides is 3. The van der Waals surface area contributed by atoms with Crippen LogP contribution >= 0.6 is 0 Å². The second kappa shape index (κ2) is 7.27. The Morgan fingerprint density at radius 2 is 1.94 bits per heavy atom. The van der Waals surface area contributed by atoms with E-state index in [1.54, 1.807) is 0 Å². The van der Waals surface area contributed by atoms with Crippen LogP contribution in [0.3, 0.4) is 0 Å². The fourth-order valence-electron chi connectivity index (χ4n) is 2.03. The summed E-state index contributed by atoms with van der Waals surface area (Å²) in [7, 11) is 0. The average Bonchev–Trinajstić information content (AvgIpc) is 2.29. The minimum atomic E-state index is -0.373. The molecule has 0 spiro atoms. The third-order valence-electron chi connectivity index (χ3n) is 3.18. The van der Waals surface area contributed by atoms with E-state index >= 15 is 0 Å². The normalized spacial score (nSPS) is 24.1. The van der Waals surface area contributed by atoms with E-state index in [0.717, 1.165) is 25.4 Å². The molecule has 0 aromatic carbocycles. The second-order valence-corrected chi connectivity index (χ2v) is 4.91. The molecule has 0 bridgehead atoms. The molecule has 17 heavy (non-hydrogen) atoms. The number of urea groups is 1. The van der Waals surface area contributed by atoms with Gasteiger partial charge in [-0.2, -0.15) is 0 Å². The van der Waals surface area contributed by atoms with E-state index in [9.17, 15) is 9.59 Å². The van der Waals surface area contributed by atoms with Gasteiger partial charge in [-0.05, 0) is 25.2 Å². The van der Waals surface area contributed by atoms with E-state index in [1.807, 2.05) is 6.92 Å². The van der Waals surface area contributed by atoms with Gasteiger partial charge in [-0.1, -0.05) is 13.8 Å². The number of carbonyl (C=O) groups excluding carboxylic acids is 2. The van der Waals surface area contributed by atoms with Crippen LogP contribution in [-0.4, -0.2) is 38.1 Å². The molecule has 0 atom stereocenters. The van der Waals surface area contributed by atoms with E-state index in [1.165, 1.54) is 17.7 Å². The lowest BCUT2D eigenvalue weighted by Gasteiger charge is -2.26. The molecule has 1 saturated heterocycles. The number of hydrogen-bond acceptors (Lipinski definition) is 2. The van der Waals surface area contributed by atoms with Gasteiger partial charge in [-0.15, -0.1) is 0 Å². The Labute approximate surface area is 103 Å². The zero-order valence-electron chi connectivity index (χ0n) is 10.8. The molecule has 1 heterocycles. The van der Waals surface area contributed by atoms with Gasteiger partial charge in [0.1, 0.15) is 0 Å². The van der Waals surface area contributed by atoms with Crippen LogP contribution in [0.5, 0.6) is 0 Å². The van der Waals surface area contributed by atoms with Crippen molar-refractivity contribution in [3.05, 3.63) is 0 Å². The standard InChI is InChI=1S/C12H23N3O2/c1-3-6-13-12(17)14-11(16)9-15-7-4-10(2)5-8-15/h10H,3-9H2,1-2H3,(H2,13,14,16,17)/p+1. The summed E-state index contributed by atoms with van der Waals surface area (Å²) in [5.41, 5.74) is 0. The number of rotatable bonds is 4. The second-order valence-electron chi connectivity index (χ2n) is 4.91. The summed E-state index contributed by atoms with van der Waals surface area (Å²) >= 11 is 0. The van der Waals surface area contributed by atoms with Crippen molar-refractivity contribution in [3.8, 4) is 0 Å². The first-order chi connectivity index (χ1) is 8.11. The van der Waals surface area contributed by atoms with Gasteiger partial charge in [0.05, 0.1) is 13.1 Å². The average molecular weight is 242 g/mol. The highest BCUT2D eigenvalue weighted by atomic mass is 16.2. The van der Waals surface area contributed by atoms with Crippen LogP contribution in [0.2, 0.25) is 0 Å². The van der Waals surface area contributed by atoms with Crippen molar-refractivity contribution in [2.24, 2.45) is 5.92 Å². The highest BCUT2D eigenvalue weighted by Gasteiger charge is 2.21. The van der Waals surface area contributed by atoms with Crippen molar-refractivity contribution in [2.75, 3.05) is 26.2 Å². The first kappa shape index (κ1) is 14.0. The van der Waals surface area contributed by atoms with E-state index in [-0.39, 0.29) is 11.9 Å². The molecule has 5 nitrogen and oxygen atoms in total. The molecule has 5 heteroatoms. The predicted octanol–water partition coefficient (Wildman–Crippen LogP) is -0.463. The molecule has 0 aliphatic carbocycles. The van der Waals surface area contributed by atoms with Crippen molar-refractivity contribution in [2.45, 2.75) is 33.1 Å². The summed E-state index contributed by atoms with van der Waals surface area (Å²) < 4.78 is 0. The third kappa shape index (κ3) is 5.68. The topological polar surface area (TPSA) is 62.6 Å². The summed E-state index contributed by atoms with van der Waals surface area (Å²) in [5, 5.41) is 4.99. The Hall–Kier alpha value is -1.10. The predicted molar refractivity (Wildman–Crippen MR) is 65.8 cm³/mol. The number of quaternary nitrogens is 1. The molecule has 3 amide bonds. The minimum absolute atomic E-state index is 0.178. The number of carbonyl (C=O) groups is 2. The molecule has 1 fully saturated rings. The van der Waals surface area contributed by atoms with E-state index in [2.05, 4.69) is 17.6 Å². The van der Waals surface area contributed by atoms with Crippen molar-refractivity contribution in [1.29, 1.82) is 0 Å². The van der Waals surface area contributed by atoms with Gasteiger partial charge in [0.25, 0.3) is 5.91 Å². The van der Waals surface area contributed by atoms with Gasteiger partial charge in [-0.3, -0.25) is 10.1 Å². The highest BCUT2D eigenvalue weighted by Crippen LogP contribution is 2.06. The Bertz CT molecular complexity index is 260. The van der Waals surface area contributed by atoms with Gasteiger partial charge < -0.3 is 10.2 Å². The largest absolute Gasteiger partial charge is 0.338 e. The van der Waals surface area contributed by atoms with Crippen LogP contribution < -0.4 is 15.5 Å².